The smallest absolute Gasteiger partial charge is 0.234 e. The van der Waals surface area contributed by atoms with E-state index in [1.807, 2.05) is 24.3 Å². The molecule has 0 N–H and O–H groups in total. The third kappa shape index (κ3) is 2.63. The number of ether oxygens (including phenoxy) is 2. The molecule has 1 aromatic heterocycles. The van der Waals surface area contributed by atoms with Crippen molar-refractivity contribution in [2.45, 2.75) is 0 Å². The molecule has 2 rings (SSSR count). The van der Waals surface area contributed by atoms with Crippen molar-refractivity contribution >= 4 is 34.0 Å². The maximum absolute atomic E-state index is 6.21. The second-order valence-electron chi connectivity index (χ2n) is 3.41. The third-order valence-corrected chi connectivity index (χ3v) is 2.95. The predicted octanol–water partition coefficient (Wildman–Crippen LogP) is 3.57. The molecular weight excluding hydrogens is 261 g/mol. The summed E-state index contributed by atoms with van der Waals surface area (Å²) in [5, 5.41) is 2.51. The largest absolute Gasteiger partial charge is 0.474 e. The fourth-order valence-corrected chi connectivity index (χ4v) is 1.99. The van der Waals surface area contributed by atoms with E-state index in [4.69, 9.17) is 32.7 Å². The maximum atomic E-state index is 6.21. The Labute approximate surface area is 109 Å². The van der Waals surface area contributed by atoms with Crippen LogP contribution in [0.15, 0.2) is 24.3 Å². The lowest BCUT2D eigenvalue weighted by Gasteiger charge is -2.09. The van der Waals surface area contributed by atoms with E-state index >= 15 is 0 Å². The van der Waals surface area contributed by atoms with Crippen molar-refractivity contribution in [1.82, 2.24) is 4.98 Å². The third-order valence-electron chi connectivity index (χ3n) is 2.30. The quantitative estimate of drug-likeness (QED) is 0.629. The zero-order valence-corrected chi connectivity index (χ0v) is 10.8. The molecule has 2 aromatic rings. The van der Waals surface area contributed by atoms with Crippen molar-refractivity contribution in [1.29, 1.82) is 0 Å². The molecule has 0 aliphatic heterocycles. The molecule has 17 heavy (non-hydrogen) atoms. The molecule has 1 aromatic carbocycles. The SMILES string of the molecule is COCCOc1nc(Cl)c2ccccc2c1Cl. The number of halogens is 2. The predicted molar refractivity (Wildman–Crippen MR) is 69.1 cm³/mol. The summed E-state index contributed by atoms with van der Waals surface area (Å²) in [6.07, 6.45) is 0. The molecule has 0 saturated carbocycles. The molecule has 0 fully saturated rings. The fraction of sp³-hybridized carbons (Fsp3) is 0.250. The monoisotopic (exact) mass is 271 g/mol. The van der Waals surface area contributed by atoms with E-state index in [0.29, 0.717) is 29.3 Å². The summed E-state index contributed by atoms with van der Waals surface area (Å²) in [6.45, 7) is 0.861. The van der Waals surface area contributed by atoms with Gasteiger partial charge in [0, 0.05) is 17.9 Å². The van der Waals surface area contributed by atoms with E-state index < -0.39 is 0 Å². The second kappa shape index (κ2) is 5.54. The number of hydrogen-bond donors (Lipinski definition) is 0. The van der Waals surface area contributed by atoms with Gasteiger partial charge in [-0.05, 0) is 0 Å². The Bertz CT molecular complexity index is 531. The summed E-state index contributed by atoms with van der Waals surface area (Å²) in [5.41, 5.74) is 0. The highest BCUT2D eigenvalue weighted by atomic mass is 35.5. The molecule has 0 aliphatic rings. The lowest BCUT2D eigenvalue weighted by atomic mass is 10.2. The summed E-state index contributed by atoms with van der Waals surface area (Å²) in [7, 11) is 1.60. The molecule has 0 spiro atoms. The van der Waals surface area contributed by atoms with Crippen LogP contribution in [0, 0.1) is 0 Å². The van der Waals surface area contributed by atoms with Gasteiger partial charge >= 0.3 is 0 Å². The first-order chi connectivity index (χ1) is 8.24. The molecule has 5 heteroatoms. The molecular formula is C12H11Cl2NO2. The van der Waals surface area contributed by atoms with Crippen molar-refractivity contribution in [3.05, 3.63) is 34.4 Å². The Morgan fingerprint density at radius 3 is 2.53 bits per heavy atom. The number of benzene rings is 1. The first kappa shape index (κ1) is 12.4. The van der Waals surface area contributed by atoms with E-state index in [1.54, 1.807) is 7.11 Å². The Hall–Kier alpha value is -1.03. The Kier molecular flexibility index (Phi) is 4.05. The fourth-order valence-electron chi connectivity index (χ4n) is 1.49. The lowest BCUT2D eigenvalue weighted by molar-refractivity contribution is 0.144. The van der Waals surface area contributed by atoms with Crippen molar-refractivity contribution < 1.29 is 9.47 Å². The number of pyridine rings is 1. The number of nitrogens with zero attached hydrogens (tertiary/aromatic N) is 1. The molecule has 0 saturated heterocycles. The van der Waals surface area contributed by atoms with Crippen LogP contribution in [-0.2, 0) is 4.74 Å². The highest BCUT2D eigenvalue weighted by Gasteiger charge is 2.11. The standard InChI is InChI=1S/C12H11Cl2NO2/c1-16-6-7-17-12-10(13)8-4-2-3-5-9(8)11(14)15-12/h2-5H,6-7H2,1H3. The molecule has 0 aliphatic carbocycles. The highest BCUT2D eigenvalue weighted by molar-refractivity contribution is 6.40. The Balaban J connectivity index is 2.40. The van der Waals surface area contributed by atoms with Crippen molar-refractivity contribution in [3.63, 3.8) is 0 Å². The minimum Gasteiger partial charge on any atom is -0.474 e. The van der Waals surface area contributed by atoms with Gasteiger partial charge in [0.05, 0.1) is 6.61 Å². The molecule has 0 radical (unpaired) electrons. The maximum Gasteiger partial charge on any atom is 0.234 e. The van der Waals surface area contributed by atoms with Crippen LogP contribution < -0.4 is 4.74 Å². The van der Waals surface area contributed by atoms with Gasteiger partial charge in [0.2, 0.25) is 5.88 Å². The van der Waals surface area contributed by atoms with Gasteiger partial charge < -0.3 is 9.47 Å². The number of aromatic nitrogens is 1. The van der Waals surface area contributed by atoms with Gasteiger partial charge in [0.15, 0.2) is 0 Å². The summed E-state index contributed by atoms with van der Waals surface area (Å²) in [6, 6.07) is 7.53. The number of rotatable bonds is 4. The van der Waals surface area contributed by atoms with Crippen LogP contribution in [0.3, 0.4) is 0 Å². The number of methoxy groups -OCH3 is 1. The topological polar surface area (TPSA) is 31.4 Å². The molecule has 0 unspecified atom stereocenters. The van der Waals surface area contributed by atoms with Crippen LogP contribution in [0.5, 0.6) is 5.88 Å². The lowest BCUT2D eigenvalue weighted by Crippen LogP contribution is -2.06. The minimum atomic E-state index is 0.340. The summed E-state index contributed by atoms with van der Waals surface area (Å²) >= 11 is 12.3. The van der Waals surface area contributed by atoms with Gasteiger partial charge in [-0.25, -0.2) is 0 Å². The Morgan fingerprint density at radius 2 is 1.82 bits per heavy atom. The van der Waals surface area contributed by atoms with Crippen LogP contribution in [0.1, 0.15) is 0 Å². The summed E-state index contributed by atoms with van der Waals surface area (Å²) in [4.78, 5) is 4.13. The zero-order valence-electron chi connectivity index (χ0n) is 9.24. The van der Waals surface area contributed by atoms with E-state index in [-0.39, 0.29) is 0 Å². The van der Waals surface area contributed by atoms with Gasteiger partial charge in [0.1, 0.15) is 16.8 Å². The van der Waals surface area contributed by atoms with E-state index in [1.165, 1.54) is 0 Å². The van der Waals surface area contributed by atoms with Gasteiger partial charge in [-0.1, -0.05) is 47.5 Å². The first-order valence-electron chi connectivity index (χ1n) is 5.09. The number of fused-ring (bicyclic) bond motifs is 1. The van der Waals surface area contributed by atoms with Crippen LogP contribution in [0.4, 0.5) is 0 Å². The van der Waals surface area contributed by atoms with Gasteiger partial charge in [-0.3, -0.25) is 0 Å². The van der Waals surface area contributed by atoms with Gasteiger partial charge in [0.25, 0.3) is 0 Å². The van der Waals surface area contributed by atoms with Gasteiger partial charge in [-0.2, -0.15) is 4.98 Å². The Morgan fingerprint density at radius 1 is 1.12 bits per heavy atom. The zero-order chi connectivity index (χ0) is 12.3. The molecule has 90 valence electrons. The van der Waals surface area contributed by atoms with Crippen LogP contribution in [0.25, 0.3) is 10.8 Å². The molecule has 0 atom stereocenters. The van der Waals surface area contributed by atoms with Crippen LogP contribution >= 0.6 is 23.2 Å². The average molecular weight is 272 g/mol. The van der Waals surface area contributed by atoms with Crippen LogP contribution in [-0.4, -0.2) is 25.3 Å². The molecule has 0 amide bonds. The molecule has 3 nitrogen and oxygen atoms in total. The second-order valence-corrected chi connectivity index (χ2v) is 4.14. The average Bonchev–Trinajstić information content (AvgIpc) is 2.36. The molecule has 1 heterocycles. The minimum absolute atomic E-state index is 0.340. The van der Waals surface area contributed by atoms with Crippen molar-refractivity contribution in [2.24, 2.45) is 0 Å². The van der Waals surface area contributed by atoms with E-state index in [9.17, 15) is 0 Å². The van der Waals surface area contributed by atoms with Crippen LogP contribution in [0.2, 0.25) is 10.2 Å². The highest BCUT2D eigenvalue weighted by Crippen LogP contribution is 2.34. The van der Waals surface area contributed by atoms with Crippen molar-refractivity contribution in [3.8, 4) is 5.88 Å². The molecule has 0 bridgehead atoms. The summed E-state index contributed by atoms with van der Waals surface area (Å²) < 4.78 is 10.3. The summed E-state index contributed by atoms with van der Waals surface area (Å²) in [5.74, 6) is 0.340. The normalized spacial score (nSPS) is 10.8. The van der Waals surface area contributed by atoms with E-state index in [2.05, 4.69) is 4.98 Å². The first-order valence-corrected chi connectivity index (χ1v) is 5.85. The van der Waals surface area contributed by atoms with Crippen molar-refractivity contribution in [2.75, 3.05) is 20.3 Å². The van der Waals surface area contributed by atoms with E-state index in [0.717, 1.165) is 10.8 Å². The number of hydrogen-bond acceptors (Lipinski definition) is 3. The van der Waals surface area contributed by atoms with Gasteiger partial charge in [-0.15, -0.1) is 0 Å².